The minimum absolute atomic E-state index is 0.111. The minimum Gasteiger partial charge on any atom is -0.493 e. The molecule has 3 aromatic rings. The Bertz CT molecular complexity index is 1210. The van der Waals surface area contributed by atoms with E-state index in [-0.39, 0.29) is 18.4 Å². The van der Waals surface area contributed by atoms with Crippen LogP contribution in [0.2, 0.25) is 0 Å². The molecule has 0 saturated carbocycles. The number of nitrogens with zero attached hydrogens (tertiary/aromatic N) is 2. The van der Waals surface area contributed by atoms with Gasteiger partial charge in [0, 0.05) is 18.3 Å². The molecule has 2 aromatic carbocycles. The van der Waals surface area contributed by atoms with E-state index in [9.17, 15) is 9.59 Å². The van der Waals surface area contributed by atoms with Crippen LogP contribution in [-0.2, 0) is 11.3 Å². The van der Waals surface area contributed by atoms with Crippen molar-refractivity contribution >= 4 is 11.8 Å². The van der Waals surface area contributed by atoms with E-state index < -0.39 is 12.0 Å². The Kier molecular flexibility index (Phi) is 7.73. The molecule has 2 atom stereocenters. The van der Waals surface area contributed by atoms with Crippen molar-refractivity contribution in [2.24, 2.45) is 0 Å². The van der Waals surface area contributed by atoms with Crippen molar-refractivity contribution in [3.63, 3.8) is 0 Å². The van der Waals surface area contributed by atoms with Crippen LogP contribution in [0.5, 0.6) is 17.2 Å². The van der Waals surface area contributed by atoms with Crippen LogP contribution in [0.25, 0.3) is 0 Å². The normalized spacial score (nSPS) is 16.8. The number of amides is 2. The van der Waals surface area contributed by atoms with E-state index in [1.165, 1.54) is 7.11 Å². The van der Waals surface area contributed by atoms with E-state index in [2.05, 4.69) is 10.3 Å². The average molecular weight is 490 g/mol. The largest absolute Gasteiger partial charge is 0.493 e. The Morgan fingerprint density at radius 2 is 1.69 bits per heavy atom. The number of carbonyl (C=O) groups excluding carboxylic acids is 2. The zero-order chi connectivity index (χ0) is 25.7. The summed E-state index contributed by atoms with van der Waals surface area (Å²) < 4.78 is 16.7. The van der Waals surface area contributed by atoms with Crippen molar-refractivity contribution < 1.29 is 23.8 Å². The number of methoxy groups -OCH3 is 3. The lowest BCUT2D eigenvalue weighted by Gasteiger charge is -2.42. The lowest BCUT2D eigenvalue weighted by molar-refractivity contribution is -0.124. The van der Waals surface area contributed by atoms with Gasteiger partial charge in [-0.1, -0.05) is 31.2 Å². The van der Waals surface area contributed by atoms with E-state index in [1.807, 2.05) is 55.5 Å². The van der Waals surface area contributed by atoms with Crippen LogP contribution in [0, 0.1) is 0 Å². The van der Waals surface area contributed by atoms with Crippen molar-refractivity contribution in [2.45, 2.75) is 31.8 Å². The third kappa shape index (κ3) is 4.71. The van der Waals surface area contributed by atoms with Crippen molar-refractivity contribution in [3.8, 4) is 17.2 Å². The molecule has 36 heavy (non-hydrogen) atoms. The molecule has 2 heterocycles. The molecule has 0 aliphatic carbocycles. The number of aromatic nitrogens is 1. The zero-order valence-corrected chi connectivity index (χ0v) is 21.0. The number of hydrogen-bond donors (Lipinski definition) is 1. The van der Waals surface area contributed by atoms with Crippen LogP contribution in [0.15, 0.2) is 60.8 Å². The van der Waals surface area contributed by atoms with Crippen LogP contribution < -0.4 is 19.5 Å². The summed E-state index contributed by atoms with van der Waals surface area (Å²) in [6, 6.07) is 15.9. The maximum Gasteiger partial charge on any atom is 0.254 e. The predicted octanol–water partition coefficient (Wildman–Crippen LogP) is 4.11. The summed E-state index contributed by atoms with van der Waals surface area (Å²) in [4.78, 5) is 33.6. The molecule has 188 valence electrons. The van der Waals surface area contributed by atoms with Gasteiger partial charge in [0.25, 0.3) is 5.91 Å². The van der Waals surface area contributed by atoms with E-state index in [0.717, 1.165) is 17.7 Å². The highest BCUT2D eigenvalue weighted by molar-refractivity contribution is 6.01. The molecule has 1 aromatic heterocycles. The first-order chi connectivity index (χ1) is 17.5. The monoisotopic (exact) mass is 489 g/mol. The second-order valence-electron chi connectivity index (χ2n) is 8.51. The van der Waals surface area contributed by atoms with Gasteiger partial charge in [-0.2, -0.15) is 0 Å². The van der Waals surface area contributed by atoms with Crippen molar-refractivity contribution in [1.29, 1.82) is 0 Å². The van der Waals surface area contributed by atoms with Crippen molar-refractivity contribution in [2.75, 3.05) is 27.9 Å². The fourth-order valence-corrected chi connectivity index (χ4v) is 4.80. The van der Waals surface area contributed by atoms with Gasteiger partial charge in [0.05, 0.1) is 45.5 Å². The Morgan fingerprint density at radius 3 is 2.31 bits per heavy atom. The van der Waals surface area contributed by atoms with Gasteiger partial charge in [0.1, 0.15) is 0 Å². The zero-order valence-electron chi connectivity index (χ0n) is 21.0. The number of pyridine rings is 1. The first-order valence-electron chi connectivity index (χ1n) is 11.9. The highest BCUT2D eigenvalue weighted by atomic mass is 16.5. The van der Waals surface area contributed by atoms with E-state index >= 15 is 0 Å². The van der Waals surface area contributed by atoms with Gasteiger partial charge in [-0.25, -0.2) is 0 Å². The Hall–Kier alpha value is -4.07. The number of fused-ring (bicyclic) bond motifs is 1. The highest BCUT2D eigenvalue weighted by Crippen LogP contribution is 2.47. The third-order valence-corrected chi connectivity index (χ3v) is 6.38. The third-order valence-electron chi connectivity index (χ3n) is 6.38. The number of benzene rings is 2. The molecule has 0 spiro atoms. The summed E-state index contributed by atoms with van der Waals surface area (Å²) in [7, 11) is 4.63. The Labute approximate surface area is 211 Å². The molecule has 0 unspecified atom stereocenters. The number of rotatable bonds is 9. The molecule has 1 aliphatic heterocycles. The van der Waals surface area contributed by atoms with E-state index in [0.29, 0.717) is 34.9 Å². The van der Waals surface area contributed by atoms with E-state index in [1.54, 1.807) is 31.4 Å². The molecular weight excluding hydrogens is 458 g/mol. The fraction of sp³-hybridized carbons (Fsp3) is 0.321. The Morgan fingerprint density at radius 1 is 1.00 bits per heavy atom. The van der Waals surface area contributed by atoms with Crippen molar-refractivity contribution in [1.82, 2.24) is 15.2 Å². The van der Waals surface area contributed by atoms with Crippen molar-refractivity contribution in [3.05, 3.63) is 83.2 Å². The lowest BCUT2D eigenvalue weighted by atomic mass is 9.79. The van der Waals surface area contributed by atoms with Gasteiger partial charge in [0.15, 0.2) is 11.5 Å². The summed E-state index contributed by atoms with van der Waals surface area (Å²) in [5.74, 6) is 0.409. The molecule has 0 bridgehead atoms. The second kappa shape index (κ2) is 11.1. The first-order valence-corrected chi connectivity index (χ1v) is 11.9. The van der Waals surface area contributed by atoms with Gasteiger partial charge in [-0.3, -0.25) is 14.6 Å². The first kappa shape index (κ1) is 25.0. The SMILES string of the molecule is CCCN1C(=O)c2ccccc2[C@H](C(=O)NCc2ccccn2)[C@@H]1c1cc(OC)c(OC)c(OC)c1. The van der Waals surface area contributed by atoms with Crippen LogP contribution in [-0.4, -0.2) is 49.6 Å². The highest BCUT2D eigenvalue weighted by Gasteiger charge is 2.44. The smallest absolute Gasteiger partial charge is 0.254 e. The maximum atomic E-state index is 13.8. The van der Waals surface area contributed by atoms with Gasteiger partial charge < -0.3 is 24.4 Å². The quantitative estimate of drug-likeness (QED) is 0.487. The minimum atomic E-state index is -0.656. The molecule has 0 radical (unpaired) electrons. The number of nitrogens with one attached hydrogen (secondary N) is 1. The summed E-state index contributed by atoms with van der Waals surface area (Å²) in [5.41, 5.74) is 2.69. The summed E-state index contributed by atoms with van der Waals surface area (Å²) in [6.07, 6.45) is 2.43. The van der Waals surface area contributed by atoms with Gasteiger partial charge in [-0.15, -0.1) is 0 Å². The summed E-state index contributed by atoms with van der Waals surface area (Å²) in [6.45, 7) is 2.77. The maximum absolute atomic E-state index is 13.8. The van der Waals surface area contributed by atoms with Crippen LogP contribution in [0.1, 0.15) is 52.5 Å². The number of hydrogen-bond acceptors (Lipinski definition) is 6. The van der Waals surface area contributed by atoms with E-state index in [4.69, 9.17) is 14.2 Å². The number of ether oxygens (including phenoxy) is 3. The van der Waals surface area contributed by atoms with Gasteiger partial charge in [-0.05, 0) is 47.9 Å². The fourth-order valence-electron chi connectivity index (χ4n) is 4.80. The molecule has 8 heteroatoms. The standard InChI is InChI=1S/C28H31N3O5/c1-5-14-31-25(18-15-22(34-2)26(36-4)23(16-18)35-3)24(20-11-6-7-12-21(20)28(31)33)27(32)30-17-19-10-8-9-13-29-19/h6-13,15-16,24-25H,5,14,17H2,1-4H3,(H,30,32)/t24-,25-/m0/s1. The molecule has 8 nitrogen and oxygen atoms in total. The average Bonchev–Trinajstić information content (AvgIpc) is 2.92. The molecule has 0 saturated heterocycles. The lowest BCUT2D eigenvalue weighted by Crippen LogP contribution is -2.47. The summed E-state index contributed by atoms with van der Waals surface area (Å²) in [5, 5.41) is 3.04. The van der Waals surface area contributed by atoms with Crippen LogP contribution >= 0.6 is 0 Å². The molecule has 4 rings (SSSR count). The van der Waals surface area contributed by atoms with Crippen LogP contribution in [0.4, 0.5) is 0 Å². The van der Waals surface area contributed by atoms with Gasteiger partial charge in [0.2, 0.25) is 11.7 Å². The molecular formula is C28H31N3O5. The predicted molar refractivity (Wildman–Crippen MR) is 135 cm³/mol. The van der Waals surface area contributed by atoms with Gasteiger partial charge >= 0.3 is 0 Å². The second-order valence-corrected chi connectivity index (χ2v) is 8.51. The molecule has 2 amide bonds. The topological polar surface area (TPSA) is 90.0 Å². The Balaban J connectivity index is 1.85. The number of carbonyl (C=O) groups is 2. The van der Waals surface area contributed by atoms with Crippen LogP contribution in [0.3, 0.4) is 0 Å². The molecule has 1 N–H and O–H groups in total. The molecule has 0 fully saturated rings. The molecule has 1 aliphatic rings. The summed E-state index contributed by atoms with van der Waals surface area (Å²) >= 11 is 0.